The molecule has 1 aromatic rings. The molecule has 1 atom stereocenters. The first-order chi connectivity index (χ1) is 9.25. The molecule has 1 heterocycles. The molecule has 1 saturated heterocycles. The Morgan fingerprint density at radius 2 is 2.00 bits per heavy atom. The first kappa shape index (κ1) is 14.0. The van der Waals surface area contributed by atoms with Gasteiger partial charge in [-0.15, -0.1) is 0 Å². The molecule has 0 saturated carbocycles. The highest BCUT2D eigenvalue weighted by molar-refractivity contribution is 5.76. The predicted molar refractivity (Wildman–Crippen MR) is 76.9 cm³/mol. The number of hydrogen-bond donors (Lipinski definition) is 2. The summed E-state index contributed by atoms with van der Waals surface area (Å²) in [4.78, 5) is 14.3. The maximum Gasteiger partial charge on any atom is 0.221 e. The Balaban J connectivity index is 1.71. The normalized spacial score (nSPS) is 17.9. The van der Waals surface area contributed by atoms with Gasteiger partial charge in [0.2, 0.25) is 5.91 Å². The van der Waals surface area contributed by atoms with Crippen molar-refractivity contribution in [2.24, 2.45) is 0 Å². The first-order valence-corrected chi connectivity index (χ1v) is 7.03. The van der Waals surface area contributed by atoms with Crippen LogP contribution in [0.15, 0.2) is 30.3 Å². The number of carbonyl (C=O) groups excluding carboxylic acids is 1. The smallest absolute Gasteiger partial charge is 0.221 e. The molecule has 4 nitrogen and oxygen atoms in total. The van der Waals surface area contributed by atoms with Crippen molar-refractivity contribution in [3.63, 3.8) is 0 Å². The Hall–Kier alpha value is -1.39. The van der Waals surface area contributed by atoms with E-state index in [-0.39, 0.29) is 11.9 Å². The van der Waals surface area contributed by atoms with Crippen molar-refractivity contribution >= 4 is 5.91 Å². The Morgan fingerprint density at radius 3 is 2.68 bits per heavy atom. The fourth-order valence-corrected chi connectivity index (χ4v) is 2.33. The molecule has 19 heavy (non-hydrogen) atoms. The van der Waals surface area contributed by atoms with Gasteiger partial charge in [0.15, 0.2) is 0 Å². The molecule has 0 bridgehead atoms. The minimum atomic E-state index is 0.0803. The predicted octanol–water partition coefficient (Wildman–Crippen LogP) is 1.16. The lowest BCUT2D eigenvalue weighted by molar-refractivity contribution is -0.122. The molecular formula is C15H23N3O. The maximum atomic E-state index is 11.9. The van der Waals surface area contributed by atoms with Gasteiger partial charge in [0, 0.05) is 39.1 Å². The number of nitrogens with one attached hydrogen (secondary N) is 2. The van der Waals surface area contributed by atoms with Gasteiger partial charge in [-0.25, -0.2) is 0 Å². The second-order valence-electron chi connectivity index (χ2n) is 5.04. The average Bonchev–Trinajstić information content (AvgIpc) is 2.47. The van der Waals surface area contributed by atoms with Crippen LogP contribution in [0.5, 0.6) is 0 Å². The molecule has 1 aliphatic heterocycles. The minimum Gasteiger partial charge on any atom is -0.350 e. The summed E-state index contributed by atoms with van der Waals surface area (Å²) in [6, 6.07) is 10.2. The second kappa shape index (κ2) is 7.26. The number of piperazine rings is 1. The van der Waals surface area contributed by atoms with E-state index in [4.69, 9.17) is 0 Å². The van der Waals surface area contributed by atoms with Crippen molar-refractivity contribution in [3.8, 4) is 0 Å². The number of benzene rings is 1. The third-order valence-electron chi connectivity index (χ3n) is 3.54. The number of carbonyl (C=O) groups is 1. The van der Waals surface area contributed by atoms with E-state index < -0.39 is 0 Å². The third-order valence-corrected chi connectivity index (χ3v) is 3.54. The van der Waals surface area contributed by atoms with Crippen molar-refractivity contribution in [1.29, 1.82) is 0 Å². The summed E-state index contributed by atoms with van der Waals surface area (Å²) in [5, 5.41) is 6.37. The van der Waals surface area contributed by atoms with Gasteiger partial charge in [-0.2, -0.15) is 0 Å². The molecule has 0 aromatic heterocycles. The molecule has 2 N–H and O–H groups in total. The molecule has 1 fully saturated rings. The summed E-state index contributed by atoms with van der Waals surface area (Å²) in [6.45, 7) is 7.03. The lowest BCUT2D eigenvalue weighted by Gasteiger charge is -2.27. The molecule has 1 aromatic carbocycles. The van der Waals surface area contributed by atoms with Crippen LogP contribution in [0.4, 0.5) is 0 Å². The summed E-state index contributed by atoms with van der Waals surface area (Å²) in [6.07, 6.45) is 0.581. The van der Waals surface area contributed by atoms with Gasteiger partial charge in [-0.05, 0) is 12.5 Å². The number of hydrogen-bond acceptors (Lipinski definition) is 3. The van der Waals surface area contributed by atoms with Crippen LogP contribution in [-0.2, 0) is 4.79 Å². The third kappa shape index (κ3) is 4.65. The van der Waals surface area contributed by atoms with Gasteiger partial charge in [0.25, 0.3) is 0 Å². The van der Waals surface area contributed by atoms with Gasteiger partial charge in [0.05, 0.1) is 6.04 Å². The zero-order valence-electron chi connectivity index (χ0n) is 11.6. The van der Waals surface area contributed by atoms with Crippen molar-refractivity contribution in [2.45, 2.75) is 19.4 Å². The van der Waals surface area contributed by atoms with Crippen LogP contribution in [0.2, 0.25) is 0 Å². The van der Waals surface area contributed by atoms with Crippen LogP contribution >= 0.6 is 0 Å². The molecular weight excluding hydrogens is 238 g/mol. The van der Waals surface area contributed by atoms with Gasteiger partial charge < -0.3 is 15.5 Å². The minimum absolute atomic E-state index is 0.0803. The van der Waals surface area contributed by atoms with E-state index in [1.165, 1.54) is 0 Å². The fourth-order valence-electron chi connectivity index (χ4n) is 2.33. The van der Waals surface area contributed by atoms with Crippen LogP contribution < -0.4 is 10.6 Å². The largest absolute Gasteiger partial charge is 0.350 e. The number of nitrogens with zero attached hydrogens (tertiary/aromatic N) is 1. The highest BCUT2D eigenvalue weighted by Crippen LogP contribution is 2.11. The molecule has 2 rings (SSSR count). The Kier molecular flexibility index (Phi) is 5.36. The Morgan fingerprint density at radius 1 is 1.32 bits per heavy atom. The van der Waals surface area contributed by atoms with Crippen molar-refractivity contribution < 1.29 is 4.79 Å². The van der Waals surface area contributed by atoms with Crippen LogP contribution in [0, 0.1) is 0 Å². The Bertz CT molecular complexity index is 388. The summed E-state index contributed by atoms with van der Waals surface area (Å²) in [5.74, 6) is 0.134. The summed E-state index contributed by atoms with van der Waals surface area (Å²) >= 11 is 0. The van der Waals surface area contributed by atoms with E-state index in [0.29, 0.717) is 6.42 Å². The van der Waals surface area contributed by atoms with E-state index in [1.54, 1.807) is 0 Å². The maximum absolute atomic E-state index is 11.9. The molecule has 0 radical (unpaired) electrons. The van der Waals surface area contributed by atoms with Crippen molar-refractivity contribution in [1.82, 2.24) is 15.5 Å². The van der Waals surface area contributed by atoms with Crippen LogP contribution in [0.25, 0.3) is 0 Å². The summed E-state index contributed by atoms with van der Waals surface area (Å²) in [5.41, 5.74) is 1.15. The number of amides is 1. The zero-order chi connectivity index (χ0) is 13.5. The van der Waals surface area contributed by atoms with Crippen molar-refractivity contribution in [3.05, 3.63) is 35.9 Å². The van der Waals surface area contributed by atoms with Crippen molar-refractivity contribution in [2.75, 3.05) is 32.7 Å². The SMILES string of the molecule is CC(NC(=O)CCN1CCNCC1)c1ccccc1. The quantitative estimate of drug-likeness (QED) is 0.836. The molecule has 1 aliphatic rings. The molecule has 0 aliphatic carbocycles. The molecule has 4 heteroatoms. The zero-order valence-corrected chi connectivity index (χ0v) is 11.6. The average molecular weight is 261 g/mol. The highest BCUT2D eigenvalue weighted by Gasteiger charge is 2.13. The first-order valence-electron chi connectivity index (χ1n) is 7.03. The van der Waals surface area contributed by atoms with Crippen LogP contribution in [0.3, 0.4) is 0 Å². The van der Waals surface area contributed by atoms with E-state index in [1.807, 2.05) is 37.3 Å². The standard InChI is InChI=1S/C15H23N3O/c1-13(14-5-3-2-4-6-14)17-15(19)7-10-18-11-8-16-9-12-18/h2-6,13,16H,7-12H2,1H3,(H,17,19). The molecule has 104 valence electrons. The van der Waals surface area contributed by atoms with Gasteiger partial charge in [-0.3, -0.25) is 4.79 Å². The van der Waals surface area contributed by atoms with E-state index in [0.717, 1.165) is 38.3 Å². The van der Waals surface area contributed by atoms with Gasteiger partial charge >= 0.3 is 0 Å². The molecule has 1 unspecified atom stereocenters. The second-order valence-corrected chi connectivity index (χ2v) is 5.04. The van der Waals surface area contributed by atoms with Gasteiger partial charge in [-0.1, -0.05) is 30.3 Å². The molecule has 1 amide bonds. The lowest BCUT2D eigenvalue weighted by Crippen LogP contribution is -2.44. The topological polar surface area (TPSA) is 44.4 Å². The molecule has 0 spiro atoms. The van der Waals surface area contributed by atoms with E-state index in [9.17, 15) is 4.79 Å². The Labute approximate surface area is 115 Å². The van der Waals surface area contributed by atoms with E-state index in [2.05, 4.69) is 15.5 Å². The van der Waals surface area contributed by atoms with Crippen LogP contribution in [-0.4, -0.2) is 43.5 Å². The lowest BCUT2D eigenvalue weighted by atomic mass is 10.1. The fraction of sp³-hybridized carbons (Fsp3) is 0.533. The summed E-state index contributed by atoms with van der Waals surface area (Å²) < 4.78 is 0. The van der Waals surface area contributed by atoms with Gasteiger partial charge in [0.1, 0.15) is 0 Å². The monoisotopic (exact) mass is 261 g/mol. The summed E-state index contributed by atoms with van der Waals surface area (Å²) in [7, 11) is 0. The highest BCUT2D eigenvalue weighted by atomic mass is 16.1. The van der Waals surface area contributed by atoms with Crippen LogP contribution in [0.1, 0.15) is 24.9 Å². The number of rotatable bonds is 5. The van der Waals surface area contributed by atoms with E-state index >= 15 is 0 Å².